The van der Waals surface area contributed by atoms with Crippen molar-refractivity contribution in [3.8, 4) is 0 Å². The second-order valence-corrected chi connectivity index (χ2v) is 3.99. The monoisotopic (exact) mass is 205 g/mol. The van der Waals surface area contributed by atoms with Crippen LogP contribution in [0.25, 0.3) is 0 Å². The number of anilines is 1. The van der Waals surface area contributed by atoms with Gasteiger partial charge < -0.3 is 10.2 Å². The van der Waals surface area contributed by atoms with Crippen molar-refractivity contribution in [2.75, 3.05) is 24.5 Å². The van der Waals surface area contributed by atoms with E-state index < -0.39 is 0 Å². The van der Waals surface area contributed by atoms with E-state index in [0.717, 1.165) is 25.5 Å². The van der Waals surface area contributed by atoms with Crippen LogP contribution in [0.1, 0.15) is 19.8 Å². The first kappa shape index (κ1) is 10.4. The Labute approximate surface area is 91.5 Å². The maximum Gasteiger partial charge on any atom is 0.128 e. The molecule has 1 unspecified atom stereocenters. The van der Waals surface area contributed by atoms with Crippen LogP contribution in [0, 0.1) is 0 Å². The summed E-state index contributed by atoms with van der Waals surface area (Å²) in [4.78, 5) is 6.84. The van der Waals surface area contributed by atoms with Crippen LogP contribution in [-0.4, -0.2) is 30.7 Å². The lowest BCUT2D eigenvalue weighted by atomic mass is 10.2. The molecule has 1 N–H and O–H groups in total. The first-order valence-electron chi connectivity index (χ1n) is 5.80. The molecule has 1 saturated heterocycles. The fourth-order valence-corrected chi connectivity index (χ4v) is 2.18. The molecule has 0 aliphatic carbocycles. The lowest BCUT2D eigenvalue weighted by molar-refractivity contribution is 0.585. The van der Waals surface area contributed by atoms with Gasteiger partial charge in [-0.2, -0.15) is 0 Å². The van der Waals surface area contributed by atoms with Crippen LogP contribution < -0.4 is 10.2 Å². The smallest absolute Gasteiger partial charge is 0.128 e. The van der Waals surface area contributed by atoms with Crippen molar-refractivity contribution in [1.82, 2.24) is 10.3 Å². The Balaban J connectivity index is 2.01. The quantitative estimate of drug-likeness (QED) is 0.810. The van der Waals surface area contributed by atoms with Crippen LogP contribution in [-0.2, 0) is 0 Å². The second kappa shape index (κ2) is 5.12. The van der Waals surface area contributed by atoms with Crippen molar-refractivity contribution in [3.05, 3.63) is 24.4 Å². The Morgan fingerprint density at radius 1 is 1.53 bits per heavy atom. The highest BCUT2D eigenvalue weighted by molar-refractivity contribution is 5.40. The molecular weight excluding hydrogens is 186 g/mol. The zero-order valence-electron chi connectivity index (χ0n) is 9.32. The van der Waals surface area contributed by atoms with Gasteiger partial charge in [-0.05, 0) is 31.5 Å². The highest BCUT2D eigenvalue weighted by Crippen LogP contribution is 2.22. The van der Waals surface area contributed by atoms with E-state index in [9.17, 15) is 0 Å². The summed E-state index contributed by atoms with van der Waals surface area (Å²) >= 11 is 0. The van der Waals surface area contributed by atoms with Gasteiger partial charge in [0.2, 0.25) is 0 Å². The number of aromatic nitrogens is 1. The zero-order valence-corrected chi connectivity index (χ0v) is 9.32. The van der Waals surface area contributed by atoms with Gasteiger partial charge >= 0.3 is 0 Å². The summed E-state index contributed by atoms with van der Waals surface area (Å²) in [5.41, 5.74) is 0. The first-order valence-corrected chi connectivity index (χ1v) is 5.80. The largest absolute Gasteiger partial charge is 0.352 e. The van der Waals surface area contributed by atoms with Crippen LogP contribution in [0.5, 0.6) is 0 Å². The summed E-state index contributed by atoms with van der Waals surface area (Å²) < 4.78 is 0. The minimum atomic E-state index is 0.625. The van der Waals surface area contributed by atoms with E-state index in [1.165, 1.54) is 12.8 Å². The standard InChI is InChI=1S/C12H19N3/c1-2-13-10-11-6-5-9-15(11)12-7-3-4-8-14-12/h3-4,7-8,11,13H,2,5-6,9-10H2,1H3. The van der Waals surface area contributed by atoms with Crippen LogP contribution in [0.2, 0.25) is 0 Å². The van der Waals surface area contributed by atoms with E-state index in [-0.39, 0.29) is 0 Å². The molecule has 15 heavy (non-hydrogen) atoms. The van der Waals surface area contributed by atoms with Gasteiger partial charge in [0.25, 0.3) is 0 Å². The van der Waals surface area contributed by atoms with Gasteiger partial charge in [-0.1, -0.05) is 13.0 Å². The molecule has 82 valence electrons. The zero-order chi connectivity index (χ0) is 10.5. The molecule has 3 nitrogen and oxygen atoms in total. The lowest BCUT2D eigenvalue weighted by Crippen LogP contribution is -2.38. The molecule has 0 aromatic carbocycles. The minimum Gasteiger partial charge on any atom is -0.352 e. The van der Waals surface area contributed by atoms with E-state index in [2.05, 4.69) is 34.3 Å². The van der Waals surface area contributed by atoms with Crippen molar-refractivity contribution >= 4 is 5.82 Å². The van der Waals surface area contributed by atoms with Crippen molar-refractivity contribution in [1.29, 1.82) is 0 Å². The normalized spacial score (nSPS) is 20.9. The average molecular weight is 205 g/mol. The third-order valence-electron chi connectivity index (χ3n) is 2.95. The molecule has 1 aromatic heterocycles. The van der Waals surface area contributed by atoms with E-state index in [1.54, 1.807) is 0 Å². The molecule has 2 heterocycles. The third kappa shape index (κ3) is 2.48. The van der Waals surface area contributed by atoms with Gasteiger partial charge in [-0.3, -0.25) is 0 Å². The van der Waals surface area contributed by atoms with E-state index in [1.807, 2.05) is 12.3 Å². The number of nitrogens with one attached hydrogen (secondary N) is 1. The van der Waals surface area contributed by atoms with Crippen LogP contribution in [0.3, 0.4) is 0 Å². The Morgan fingerprint density at radius 2 is 2.47 bits per heavy atom. The predicted octanol–water partition coefficient (Wildman–Crippen LogP) is 1.66. The number of pyridine rings is 1. The summed E-state index contributed by atoms with van der Waals surface area (Å²) in [7, 11) is 0. The number of rotatable bonds is 4. The van der Waals surface area contributed by atoms with Crippen LogP contribution in [0.15, 0.2) is 24.4 Å². The molecule has 0 amide bonds. The van der Waals surface area contributed by atoms with Crippen molar-refractivity contribution in [2.45, 2.75) is 25.8 Å². The Hall–Kier alpha value is -1.09. The van der Waals surface area contributed by atoms with Crippen LogP contribution >= 0.6 is 0 Å². The number of hydrogen-bond acceptors (Lipinski definition) is 3. The van der Waals surface area contributed by atoms with Crippen molar-refractivity contribution in [3.63, 3.8) is 0 Å². The molecule has 0 spiro atoms. The van der Waals surface area contributed by atoms with Crippen LogP contribution in [0.4, 0.5) is 5.82 Å². The molecule has 1 atom stereocenters. The van der Waals surface area contributed by atoms with Crippen molar-refractivity contribution in [2.24, 2.45) is 0 Å². The van der Waals surface area contributed by atoms with Gasteiger partial charge in [0.05, 0.1) is 0 Å². The molecule has 0 radical (unpaired) electrons. The van der Waals surface area contributed by atoms with E-state index in [4.69, 9.17) is 0 Å². The predicted molar refractivity (Wildman–Crippen MR) is 63.1 cm³/mol. The average Bonchev–Trinajstić information content (AvgIpc) is 2.75. The molecule has 1 aliphatic heterocycles. The third-order valence-corrected chi connectivity index (χ3v) is 2.95. The van der Waals surface area contributed by atoms with Gasteiger partial charge in [0.1, 0.15) is 5.82 Å². The SMILES string of the molecule is CCNCC1CCCN1c1ccccn1. The van der Waals surface area contributed by atoms with Gasteiger partial charge in [-0.25, -0.2) is 4.98 Å². The lowest BCUT2D eigenvalue weighted by Gasteiger charge is -2.25. The fraction of sp³-hybridized carbons (Fsp3) is 0.583. The van der Waals surface area contributed by atoms with Crippen molar-refractivity contribution < 1.29 is 0 Å². The summed E-state index contributed by atoms with van der Waals surface area (Å²) in [6, 6.07) is 6.76. The summed E-state index contributed by atoms with van der Waals surface area (Å²) in [5.74, 6) is 1.12. The summed E-state index contributed by atoms with van der Waals surface area (Å²) in [6.45, 7) is 5.42. The Bertz CT molecular complexity index is 286. The summed E-state index contributed by atoms with van der Waals surface area (Å²) in [5, 5.41) is 3.42. The highest BCUT2D eigenvalue weighted by atomic mass is 15.2. The molecule has 0 saturated carbocycles. The molecular formula is C12H19N3. The maximum atomic E-state index is 4.42. The summed E-state index contributed by atoms with van der Waals surface area (Å²) in [6.07, 6.45) is 4.44. The molecule has 2 rings (SSSR count). The van der Waals surface area contributed by atoms with Gasteiger partial charge in [0.15, 0.2) is 0 Å². The fourth-order valence-electron chi connectivity index (χ4n) is 2.18. The minimum absolute atomic E-state index is 0.625. The first-order chi connectivity index (χ1) is 7.42. The molecule has 1 fully saturated rings. The second-order valence-electron chi connectivity index (χ2n) is 3.99. The molecule has 3 heteroatoms. The number of likely N-dealkylation sites (N-methyl/N-ethyl adjacent to an activating group) is 1. The van der Waals surface area contributed by atoms with Gasteiger partial charge in [0, 0.05) is 25.3 Å². The Kier molecular flexibility index (Phi) is 3.56. The Morgan fingerprint density at radius 3 is 3.20 bits per heavy atom. The maximum absolute atomic E-state index is 4.42. The molecule has 1 aromatic rings. The highest BCUT2D eigenvalue weighted by Gasteiger charge is 2.24. The van der Waals surface area contributed by atoms with Gasteiger partial charge in [-0.15, -0.1) is 0 Å². The molecule has 1 aliphatic rings. The topological polar surface area (TPSA) is 28.2 Å². The van der Waals surface area contributed by atoms with E-state index >= 15 is 0 Å². The molecule has 0 bridgehead atoms. The number of nitrogens with zero attached hydrogens (tertiary/aromatic N) is 2. The van der Waals surface area contributed by atoms with E-state index in [0.29, 0.717) is 6.04 Å². The number of hydrogen-bond donors (Lipinski definition) is 1.